The van der Waals surface area contributed by atoms with Crippen LogP contribution < -0.4 is 20.7 Å². The lowest BCUT2D eigenvalue weighted by molar-refractivity contribution is -0.116. The molecular formula is C14H24N4O4S. The van der Waals surface area contributed by atoms with E-state index < -0.39 is 10.0 Å². The van der Waals surface area contributed by atoms with Crippen LogP contribution in [0.5, 0.6) is 0 Å². The smallest absolute Gasteiger partial charge is 0.240 e. The van der Waals surface area contributed by atoms with E-state index in [1.54, 1.807) is 20.2 Å². The molecule has 23 heavy (non-hydrogen) atoms. The Balaban J connectivity index is 3.03. The molecule has 9 heteroatoms. The molecule has 0 saturated carbocycles. The van der Waals surface area contributed by atoms with Crippen molar-refractivity contribution in [2.45, 2.75) is 11.3 Å². The molecule has 0 aliphatic heterocycles. The number of nitrogens with one attached hydrogen (secondary N) is 4. The van der Waals surface area contributed by atoms with Gasteiger partial charge < -0.3 is 20.7 Å². The maximum absolute atomic E-state index is 11.9. The van der Waals surface area contributed by atoms with Gasteiger partial charge in [0.1, 0.15) is 0 Å². The fraction of sp³-hybridized carbons (Fsp3) is 0.500. The third-order valence-electron chi connectivity index (χ3n) is 3.07. The van der Waals surface area contributed by atoms with E-state index in [1.165, 1.54) is 19.2 Å². The summed E-state index contributed by atoms with van der Waals surface area (Å²) in [6.45, 7) is 1.56. The highest BCUT2D eigenvalue weighted by molar-refractivity contribution is 7.89. The average molecular weight is 344 g/mol. The van der Waals surface area contributed by atoms with Gasteiger partial charge in [0.05, 0.1) is 22.9 Å². The summed E-state index contributed by atoms with van der Waals surface area (Å²) in [5, 5.41) is 8.72. The van der Waals surface area contributed by atoms with Crippen molar-refractivity contribution in [1.82, 2.24) is 10.0 Å². The Morgan fingerprint density at radius 2 is 1.91 bits per heavy atom. The molecule has 0 heterocycles. The molecule has 0 fully saturated rings. The number of carbonyl (C=O) groups is 1. The molecule has 0 bridgehead atoms. The summed E-state index contributed by atoms with van der Waals surface area (Å²) in [6.07, 6.45) is 0.289. The van der Waals surface area contributed by atoms with Gasteiger partial charge in [-0.3, -0.25) is 4.79 Å². The quantitative estimate of drug-likeness (QED) is 0.452. The Hall–Kier alpha value is -1.68. The lowest BCUT2D eigenvalue weighted by Gasteiger charge is -2.15. The average Bonchev–Trinajstić information content (AvgIpc) is 2.54. The van der Waals surface area contributed by atoms with Gasteiger partial charge in [0.2, 0.25) is 15.9 Å². The van der Waals surface area contributed by atoms with Crippen molar-refractivity contribution in [3.8, 4) is 0 Å². The number of hydrogen-bond donors (Lipinski definition) is 4. The molecule has 1 rings (SSSR count). The van der Waals surface area contributed by atoms with E-state index in [0.717, 1.165) is 0 Å². The maximum atomic E-state index is 11.9. The summed E-state index contributed by atoms with van der Waals surface area (Å²) >= 11 is 0. The second-order valence-corrected chi connectivity index (χ2v) is 6.62. The lowest BCUT2D eigenvalue weighted by Crippen LogP contribution is -2.21. The van der Waals surface area contributed by atoms with E-state index >= 15 is 0 Å². The van der Waals surface area contributed by atoms with Gasteiger partial charge in [-0.25, -0.2) is 13.1 Å². The first kappa shape index (κ1) is 19.4. The van der Waals surface area contributed by atoms with Crippen molar-refractivity contribution >= 4 is 27.3 Å². The first-order valence-corrected chi connectivity index (χ1v) is 8.67. The molecular weight excluding hydrogens is 320 g/mol. The predicted molar refractivity (Wildman–Crippen MR) is 90.2 cm³/mol. The Labute approximate surface area is 137 Å². The van der Waals surface area contributed by atoms with Crippen molar-refractivity contribution < 1.29 is 17.9 Å². The van der Waals surface area contributed by atoms with E-state index in [9.17, 15) is 13.2 Å². The second-order valence-electron chi connectivity index (χ2n) is 4.74. The highest BCUT2D eigenvalue weighted by Crippen LogP contribution is 2.25. The van der Waals surface area contributed by atoms with Crippen LogP contribution in [0.15, 0.2) is 23.1 Å². The number of benzene rings is 1. The Morgan fingerprint density at radius 1 is 1.17 bits per heavy atom. The van der Waals surface area contributed by atoms with Crippen LogP contribution in [0.2, 0.25) is 0 Å². The van der Waals surface area contributed by atoms with Gasteiger partial charge in [-0.2, -0.15) is 0 Å². The minimum absolute atomic E-state index is 0.0845. The minimum Gasteiger partial charge on any atom is -0.383 e. The molecule has 0 saturated heterocycles. The molecule has 0 aliphatic rings. The molecule has 0 aliphatic carbocycles. The molecule has 1 aromatic rings. The first-order chi connectivity index (χ1) is 10.9. The summed E-state index contributed by atoms with van der Waals surface area (Å²) in [5.41, 5.74) is 1.05. The van der Waals surface area contributed by atoms with Gasteiger partial charge in [-0.05, 0) is 32.3 Å². The molecule has 1 aromatic carbocycles. The van der Waals surface area contributed by atoms with Crippen molar-refractivity contribution in [3.05, 3.63) is 18.2 Å². The fourth-order valence-electron chi connectivity index (χ4n) is 1.80. The number of carbonyl (C=O) groups excluding carboxylic acids is 1. The molecule has 0 aromatic heterocycles. The van der Waals surface area contributed by atoms with Crippen LogP contribution in [0, 0.1) is 0 Å². The lowest BCUT2D eigenvalue weighted by atomic mass is 10.2. The SMILES string of the molecule is CNCCC(=O)Nc1cc(S(=O)(=O)NC)ccc1NCCOC. The fourth-order valence-corrected chi connectivity index (χ4v) is 2.56. The van der Waals surface area contributed by atoms with Gasteiger partial charge in [-0.15, -0.1) is 0 Å². The summed E-state index contributed by atoms with van der Waals surface area (Å²) < 4.78 is 31.0. The highest BCUT2D eigenvalue weighted by atomic mass is 32.2. The molecule has 8 nitrogen and oxygen atoms in total. The van der Waals surface area contributed by atoms with Crippen LogP contribution in [0.3, 0.4) is 0 Å². The first-order valence-electron chi connectivity index (χ1n) is 7.19. The van der Waals surface area contributed by atoms with E-state index in [4.69, 9.17) is 4.74 Å². The topological polar surface area (TPSA) is 109 Å². The van der Waals surface area contributed by atoms with Crippen LogP contribution in [-0.4, -0.2) is 55.2 Å². The normalized spacial score (nSPS) is 11.3. The van der Waals surface area contributed by atoms with E-state index in [0.29, 0.717) is 31.1 Å². The van der Waals surface area contributed by atoms with Gasteiger partial charge >= 0.3 is 0 Å². The van der Waals surface area contributed by atoms with E-state index in [2.05, 4.69) is 20.7 Å². The molecule has 0 spiro atoms. The zero-order valence-corrected chi connectivity index (χ0v) is 14.4. The Bertz CT molecular complexity index is 619. The number of anilines is 2. The summed E-state index contributed by atoms with van der Waals surface area (Å²) in [5.74, 6) is -0.201. The van der Waals surface area contributed by atoms with Crippen LogP contribution >= 0.6 is 0 Å². The van der Waals surface area contributed by atoms with E-state index in [1.807, 2.05) is 0 Å². The third kappa shape index (κ3) is 6.14. The molecule has 4 N–H and O–H groups in total. The second kappa shape index (κ2) is 9.46. The zero-order valence-electron chi connectivity index (χ0n) is 13.6. The van der Waals surface area contributed by atoms with Crippen LogP contribution in [0.25, 0.3) is 0 Å². The number of methoxy groups -OCH3 is 1. The molecule has 0 atom stereocenters. The largest absolute Gasteiger partial charge is 0.383 e. The molecule has 130 valence electrons. The highest BCUT2D eigenvalue weighted by Gasteiger charge is 2.15. The Morgan fingerprint density at radius 3 is 2.52 bits per heavy atom. The number of hydrogen-bond acceptors (Lipinski definition) is 6. The van der Waals surface area contributed by atoms with Gasteiger partial charge in [-0.1, -0.05) is 0 Å². The summed E-state index contributed by atoms with van der Waals surface area (Å²) in [4.78, 5) is 12.0. The standard InChI is InChI=1S/C14H24N4O4S/c1-15-7-6-14(19)18-13-10-11(23(20,21)16-2)4-5-12(13)17-8-9-22-3/h4-5,10,15-17H,6-9H2,1-3H3,(H,18,19). The van der Waals surface area contributed by atoms with Crippen molar-refractivity contribution in [2.24, 2.45) is 0 Å². The van der Waals surface area contributed by atoms with Crippen LogP contribution in [0.4, 0.5) is 11.4 Å². The molecule has 0 radical (unpaired) electrons. The third-order valence-corrected chi connectivity index (χ3v) is 4.48. The number of ether oxygens (including phenoxy) is 1. The van der Waals surface area contributed by atoms with Crippen molar-refractivity contribution in [1.29, 1.82) is 0 Å². The number of sulfonamides is 1. The molecule has 1 amide bonds. The van der Waals surface area contributed by atoms with E-state index in [-0.39, 0.29) is 17.2 Å². The zero-order chi connectivity index (χ0) is 17.3. The summed E-state index contributed by atoms with van der Waals surface area (Å²) in [7, 11) is 1.10. The van der Waals surface area contributed by atoms with Gasteiger partial charge in [0.15, 0.2) is 0 Å². The monoisotopic (exact) mass is 344 g/mol. The van der Waals surface area contributed by atoms with Crippen molar-refractivity contribution in [2.75, 3.05) is 51.5 Å². The maximum Gasteiger partial charge on any atom is 0.240 e. The predicted octanol–water partition coefficient (Wildman–Crippen LogP) is 0.201. The van der Waals surface area contributed by atoms with Gasteiger partial charge in [0, 0.05) is 26.6 Å². The van der Waals surface area contributed by atoms with Crippen molar-refractivity contribution in [3.63, 3.8) is 0 Å². The van der Waals surface area contributed by atoms with Crippen LogP contribution in [-0.2, 0) is 19.6 Å². The number of rotatable bonds is 10. The van der Waals surface area contributed by atoms with Gasteiger partial charge in [0.25, 0.3) is 0 Å². The van der Waals surface area contributed by atoms with Crippen LogP contribution in [0.1, 0.15) is 6.42 Å². The molecule has 0 unspecified atom stereocenters. The summed E-state index contributed by atoms with van der Waals surface area (Å²) in [6, 6.07) is 4.52. The number of amides is 1. The minimum atomic E-state index is -3.58. The Kier molecular flexibility index (Phi) is 7.96.